The number of aromatic nitrogens is 1. The number of nitrogen functional groups attached to an aromatic ring is 1. The third-order valence-corrected chi connectivity index (χ3v) is 3.26. The normalized spacial score (nSPS) is 10.2. The number of amides is 1. The van der Waals surface area contributed by atoms with E-state index in [1.165, 1.54) is 11.3 Å². The molecule has 0 aliphatic rings. The number of benzene rings is 1. The molecule has 0 unspecified atom stereocenters. The molecule has 3 N–H and O–H groups in total. The summed E-state index contributed by atoms with van der Waals surface area (Å²) in [6.45, 7) is 3.78. The van der Waals surface area contributed by atoms with Gasteiger partial charge < -0.3 is 11.1 Å². The fraction of sp³-hybridized carbons (Fsp3) is 0.167. The summed E-state index contributed by atoms with van der Waals surface area (Å²) >= 11 is 1.38. The molecule has 1 aromatic heterocycles. The molecule has 0 fully saturated rings. The summed E-state index contributed by atoms with van der Waals surface area (Å²) in [5, 5.41) is 3.72. The number of carbonyl (C=O) groups is 1. The molecule has 88 valence electrons. The van der Waals surface area contributed by atoms with Crippen LogP contribution in [0.2, 0.25) is 0 Å². The zero-order valence-electron chi connectivity index (χ0n) is 9.65. The Morgan fingerprint density at radius 1 is 1.41 bits per heavy atom. The summed E-state index contributed by atoms with van der Waals surface area (Å²) in [7, 11) is 0. The predicted octanol–water partition coefficient (Wildman–Crippen LogP) is 2.59. The number of aryl methyl sites for hydroxylation is 2. The van der Waals surface area contributed by atoms with E-state index in [2.05, 4.69) is 10.3 Å². The summed E-state index contributed by atoms with van der Waals surface area (Å²) in [6, 6.07) is 5.39. The molecule has 0 aliphatic carbocycles. The Kier molecular flexibility index (Phi) is 3.10. The maximum absolute atomic E-state index is 11.9. The molecule has 1 amide bonds. The summed E-state index contributed by atoms with van der Waals surface area (Å²) in [5.74, 6) is -0.136. The average molecular weight is 247 g/mol. The SMILES string of the molecule is Cc1ncc(C(=O)Nc2ccc(N)cc2C)s1. The number of nitrogens with two attached hydrogens (primary N) is 1. The number of carbonyl (C=O) groups excluding carboxylic acids is 1. The lowest BCUT2D eigenvalue weighted by atomic mass is 10.2. The third kappa shape index (κ3) is 2.62. The minimum Gasteiger partial charge on any atom is -0.399 e. The molecule has 0 atom stereocenters. The van der Waals surface area contributed by atoms with Gasteiger partial charge in [-0.05, 0) is 37.6 Å². The van der Waals surface area contributed by atoms with Crippen molar-refractivity contribution >= 4 is 28.6 Å². The zero-order valence-corrected chi connectivity index (χ0v) is 10.5. The Balaban J connectivity index is 2.18. The van der Waals surface area contributed by atoms with E-state index in [0.29, 0.717) is 10.6 Å². The van der Waals surface area contributed by atoms with Gasteiger partial charge in [0, 0.05) is 11.4 Å². The molecule has 4 nitrogen and oxygen atoms in total. The van der Waals surface area contributed by atoms with E-state index in [-0.39, 0.29) is 5.91 Å². The smallest absolute Gasteiger partial charge is 0.267 e. The van der Waals surface area contributed by atoms with Crippen LogP contribution in [0.3, 0.4) is 0 Å². The number of anilines is 2. The lowest BCUT2D eigenvalue weighted by Crippen LogP contribution is -2.11. The van der Waals surface area contributed by atoms with Crippen LogP contribution in [-0.4, -0.2) is 10.9 Å². The van der Waals surface area contributed by atoms with Crippen molar-refractivity contribution in [3.8, 4) is 0 Å². The van der Waals surface area contributed by atoms with Gasteiger partial charge in [-0.25, -0.2) is 4.98 Å². The lowest BCUT2D eigenvalue weighted by molar-refractivity contribution is 0.103. The molecule has 0 aliphatic heterocycles. The lowest BCUT2D eigenvalue weighted by Gasteiger charge is -2.07. The first-order valence-electron chi connectivity index (χ1n) is 5.16. The van der Waals surface area contributed by atoms with E-state index in [1.807, 2.05) is 19.9 Å². The minimum absolute atomic E-state index is 0.136. The van der Waals surface area contributed by atoms with Gasteiger partial charge >= 0.3 is 0 Å². The number of hydrogen-bond donors (Lipinski definition) is 2. The average Bonchev–Trinajstić information content (AvgIpc) is 2.69. The fourth-order valence-corrected chi connectivity index (χ4v) is 2.15. The van der Waals surface area contributed by atoms with Crippen molar-refractivity contribution in [3.05, 3.63) is 39.8 Å². The van der Waals surface area contributed by atoms with Crippen molar-refractivity contribution in [2.24, 2.45) is 0 Å². The van der Waals surface area contributed by atoms with Gasteiger partial charge in [-0.15, -0.1) is 11.3 Å². The number of thiazole rings is 1. The number of nitrogens with one attached hydrogen (secondary N) is 1. The van der Waals surface area contributed by atoms with Crippen molar-refractivity contribution in [2.75, 3.05) is 11.1 Å². The molecule has 0 bridgehead atoms. The van der Waals surface area contributed by atoms with Crippen LogP contribution in [0.15, 0.2) is 24.4 Å². The molecular formula is C12H13N3OS. The number of hydrogen-bond acceptors (Lipinski definition) is 4. The highest BCUT2D eigenvalue weighted by molar-refractivity contribution is 7.13. The van der Waals surface area contributed by atoms with E-state index in [0.717, 1.165) is 16.3 Å². The van der Waals surface area contributed by atoms with Gasteiger partial charge in [-0.1, -0.05) is 0 Å². The molecule has 0 saturated heterocycles. The maximum Gasteiger partial charge on any atom is 0.267 e. The van der Waals surface area contributed by atoms with Crippen molar-refractivity contribution in [1.82, 2.24) is 4.98 Å². The first-order chi connectivity index (χ1) is 8.06. The monoisotopic (exact) mass is 247 g/mol. The Hall–Kier alpha value is -1.88. The second-order valence-corrected chi connectivity index (χ2v) is 5.01. The van der Waals surface area contributed by atoms with E-state index in [1.54, 1.807) is 18.3 Å². The Labute approximate surface area is 103 Å². The van der Waals surface area contributed by atoms with Crippen LogP contribution in [0.25, 0.3) is 0 Å². The summed E-state index contributed by atoms with van der Waals surface area (Å²) in [6.07, 6.45) is 1.59. The Bertz CT molecular complexity index is 563. The molecule has 2 rings (SSSR count). The van der Waals surface area contributed by atoms with E-state index in [4.69, 9.17) is 5.73 Å². The van der Waals surface area contributed by atoms with Gasteiger partial charge in [0.05, 0.1) is 11.2 Å². The Morgan fingerprint density at radius 3 is 2.76 bits per heavy atom. The maximum atomic E-state index is 11.9. The highest BCUT2D eigenvalue weighted by atomic mass is 32.1. The van der Waals surface area contributed by atoms with Crippen molar-refractivity contribution in [2.45, 2.75) is 13.8 Å². The third-order valence-electron chi connectivity index (χ3n) is 2.34. The quantitative estimate of drug-likeness (QED) is 0.801. The largest absolute Gasteiger partial charge is 0.399 e. The van der Waals surface area contributed by atoms with Gasteiger partial charge in [0.1, 0.15) is 4.88 Å². The Morgan fingerprint density at radius 2 is 2.18 bits per heavy atom. The molecule has 0 saturated carbocycles. The molecule has 17 heavy (non-hydrogen) atoms. The van der Waals surface area contributed by atoms with E-state index >= 15 is 0 Å². The second-order valence-electron chi connectivity index (χ2n) is 3.77. The first kappa shape index (κ1) is 11.6. The molecule has 2 aromatic rings. The summed E-state index contributed by atoms with van der Waals surface area (Å²) < 4.78 is 0. The van der Waals surface area contributed by atoms with Crippen LogP contribution in [-0.2, 0) is 0 Å². The predicted molar refractivity (Wildman–Crippen MR) is 70.4 cm³/mol. The van der Waals surface area contributed by atoms with Crippen molar-refractivity contribution in [3.63, 3.8) is 0 Å². The molecule has 5 heteroatoms. The summed E-state index contributed by atoms with van der Waals surface area (Å²) in [4.78, 5) is 16.6. The number of nitrogens with zero attached hydrogens (tertiary/aromatic N) is 1. The topological polar surface area (TPSA) is 68.0 Å². The van der Waals surface area contributed by atoms with Crippen LogP contribution >= 0.6 is 11.3 Å². The highest BCUT2D eigenvalue weighted by Gasteiger charge is 2.10. The fourth-order valence-electron chi connectivity index (χ4n) is 1.48. The van der Waals surface area contributed by atoms with E-state index < -0.39 is 0 Å². The molecule has 1 heterocycles. The van der Waals surface area contributed by atoms with Crippen LogP contribution < -0.4 is 11.1 Å². The van der Waals surface area contributed by atoms with Crippen LogP contribution in [0.1, 0.15) is 20.2 Å². The first-order valence-corrected chi connectivity index (χ1v) is 5.98. The second kappa shape index (κ2) is 4.55. The zero-order chi connectivity index (χ0) is 12.4. The van der Waals surface area contributed by atoms with Crippen molar-refractivity contribution in [1.29, 1.82) is 0 Å². The van der Waals surface area contributed by atoms with E-state index in [9.17, 15) is 4.79 Å². The molecule has 0 radical (unpaired) electrons. The molecule has 1 aromatic carbocycles. The van der Waals surface area contributed by atoms with Gasteiger partial charge in [-0.3, -0.25) is 4.79 Å². The summed E-state index contributed by atoms with van der Waals surface area (Å²) in [5.41, 5.74) is 8.06. The van der Waals surface area contributed by atoms with Crippen LogP contribution in [0.5, 0.6) is 0 Å². The van der Waals surface area contributed by atoms with Gasteiger partial charge in [-0.2, -0.15) is 0 Å². The van der Waals surface area contributed by atoms with Crippen LogP contribution in [0, 0.1) is 13.8 Å². The number of rotatable bonds is 2. The van der Waals surface area contributed by atoms with Gasteiger partial charge in [0.25, 0.3) is 5.91 Å². The minimum atomic E-state index is -0.136. The van der Waals surface area contributed by atoms with Gasteiger partial charge in [0.15, 0.2) is 0 Å². The highest BCUT2D eigenvalue weighted by Crippen LogP contribution is 2.20. The molecule has 0 spiro atoms. The molecular weight excluding hydrogens is 234 g/mol. The van der Waals surface area contributed by atoms with Gasteiger partial charge in [0.2, 0.25) is 0 Å². The standard InChI is InChI=1S/C12H13N3OS/c1-7-5-9(13)3-4-10(7)15-12(16)11-6-14-8(2)17-11/h3-6H,13H2,1-2H3,(H,15,16). The van der Waals surface area contributed by atoms with Crippen molar-refractivity contribution < 1.29 is 4.79 Å². The van der Waals surface area contributed by atoms with Crippen LogP contribution in [0.4, 0.5) is 11.4 Å².